The molecule has 0 fully saturated rings. The highest BCUT2D eigenvalue weighted by Crippen LogP contribution is 2.37. The van der Waals surface area contributed by atoms with Crippen molar-refractivity contribution in [2.75, 3.05) is 6.61 Å². The van der Waals surface area contributed by atoms with E-state index in [1.807, 2.05) is 18.2 Å². The molecule has 0 saturated heterocycles. The summed E-state index contributed by atoms with van der Waals surface area (Å²) >= 11 is 6.90. The third-order valence-corrected chi connectivity index (χ3v) is 5.19. The molecule has 0 spiro atoms. The lowest BCUT2D eigenvalue weighted by atomic mass is 10.1. The Labute approximate surface area is 182 Å². The van der Waals surface area contributed by atoms with E-state index in [1.54, 1.807) is 25.3 Å². The van der Waals surface area contributed by atoms with Crippen molar-refractivity contribution in [1.29, 1.82) is 0 Å². The molecule has 29 heavy (non-hydrogen) atoms. The summed E-state index contributed by atoms with van der Waals surface area (Å²) in [5, 5.41) is 15.6. The second kappa shape index (κ2) is 9.10. The molecule has 1 N–H and O–H groups in total. The van der Waals surface area contributed by atoms with Gasteiger partial charge in [-0.05, 0) is 52.7 Å². The lowest BCUT2D eigenvalue weighted by Gasteiger charge is -2.11. The van der Waals surface area contributed by atoms with E-state index >= 15 is 0 Å². The number of ether oxygens (including phenoxy) is 1. The van der Waals surface area contributed by atoms with Gasteiger partial charge in [-0.25, -0.2) is 5.43 Å². The van der Waals surface area contributed by atoms with Gasteiger partial charge in [0.05, 0.1) is 15.1 Å². The lowest BCUT2D eigenvalue weighted by Crippen LogP contribution is -2.25. The van der Waals surface area contributed by atoms with Crippen LogP contribution in [0.25, 0.3) is 10.9 Å². The Morgan fingerprint density at radius 2 is 1.97 bits per heavy atom. The molecular formula is C19H14Br2N4O4. The predicted octanol–water partition coefficient (Wildman–Crippen LogP) is 4.59. The Bertz CT molecular complexity index is 1120. The van der Waals surface area contributed by atoms with Crippen molar-refractivity contribution in [2.45, 2.75) is 6.92 Å². The molecule has 0 atom stereocenters. The summed E-state index contributed by atoms with van der Waals surface area (Å²) in [6.45, 7) is 1.42. The van der Waals surface area contributed by atoms with Gasteiger partial charge in [0.1, 0.15) is 5.52 Å². The van der Waals surface area contributed by atoms with Crippen LogP contribution in [0.2, 0.25) is 0 Å². The highest BCUT2D eigenvalue weighted by atomic mass is 79.9. The van der Waals surface area contributed by atoms with Gasteiger partial charge in [-0.2, -0.15) is 5.10 Å². The number of nitrogens with zero attached hydrogens (tertiary/aromatic N) is 3. The van der Waals surface area contributed by atoms with E-state index in [4.69, 9.17) is 4.74 Å². The topological polar surface area (TPSA) is 107 Å². The second-order valence-corrected chi connectivity index (χ2v) is 7.60. The Balaban J connectivity index is 1.67. The van der Waals surface area contributed by atoms with E-state index in [1.165, 1.54) is 12.1 Å². The van der Waals surface area contributed by atoms with Crippen LogP contribution in [-0.2, 0) is 4.79 Å². The molecule has 148 valence electrons. The number of nitro groups is 1. The molecule has 0 saturated carbocycles. The number of aromatic nitrogens is 1. The summed E-state index contributed by atoms with van der Waals surface area (Å²) in [7, 11) is 0. The number of non-ortho nitro benzene ring substituents is 1. The van der Waals surface area contributed by atoms with E-state index in [2.05, 4.69) is 47.4 Å². The number of nitrogens with one attached hydrogen (secondary N) is 1. The average Bonchev–Trinajstić information content (AvgIpc) is 2.72. The van der Waals surface area contributed by atoms with Crippen LogP contribution >= 0.6 is 31.9 Å². The number of rotatable bonds is 6. The molecule has 0 unspecified atom stereocenters. The number of fused-ring (bicyclic) bond motifs is 1. The van der Waals surface area contributed by atoms with Crippen LogP contribution in [0.15, 0.2) is 62.7 Å². The largest absolute Gasteiger partial charge is 0.480 e. The molecule has 2 aromatic carbocycles. The van der Waals surface area contributed by atoms with Crippen molar-refractivity contribution in [2.24, 2.45) is 5.10 Å². The number of nitro benzene ring substituents is 1. The van der Waals surface area contributed by atoms with E-state index in [-0.39, 0.29) is 12.3 Å². The van der Waals surface area contributed by atoms with E-state index in [0.717, 1.165) is 9.86 Å². The van der Waals surface area contributed by atoms with Crippen LogP contribution in [0.1, 0.15) is 12.5 Å². The molecule has 0 aliphatic carbocycles. The molecule has 1 aromatic heterocycles. The van der Waals surface area contributed by atoms with E-state index < -0.39 is 10.8 Å². The number of benzene rings is 2. The molecule has 0 radical (unpaired) electrons. The van der Waals surface area contributed by atoms with Crippen molar-refractivity contribution < 1.29 is 14.5 Å². The Morgan fingerprint density at radius 1 is 1.24 bits per heavy atom. The highest BCUT2D eigenvalue weighted by Gasteiger charge is 2.13. The third-order valence-electron chi connectivity index (χ3n) is 3.94. The quantitative estimate of drug-likeness (QED) is 0.290. The summed E-state index contributed by atoms with van der Waals surface area (Å²) in [5.41, 5.74) is 4.18. The molecule has 3 rings (SSSR count). The summed E-state index contributed by atoms with van der Waals surface area (Å²) in [4.78, 5) is 26.7. The SMILES string of the molecule is C/C(=N/NC(=O)COc1c(Br)cc(Br)c2cccnc12)c1ccc([N+](=O)[O-])cc1. The van der Waals surface area contributed by atoms with Crippen molar-refractivity contribution in [3.8, 4) is 5.75 Å². The Hall–Kier alpha value is -2.85. The van der Waals surface area contributed by atoms with Gasteiger partial charge >= 0.3 is 0 Å². The fraction of sp³-hybridized carbons (Fsp3) is 0.105. The number of carbonyl (C=O) groups is 1. The standard InChI is InChI=1S/C19H14Br2N4O4/c1-11(12-4-6-13(7-5-12)25(27)28)23-24-17(26)10-29-19-16(21)9-15(20)14-3-2-8-22-18(14)19/h2-9H,10H2,1H3,(H,24,26)/b23-11-. The first kappa shape index (κ1) is 20.9. The first-order valence-electron chi connectivity index (χ1n) is 8.30. The Kier molecular flexibility index (Phi) is 6.55. The van der Waals surface area contributed by atoms with Gasteiger partial charge < -0.3 is 4.74 Å². The molecule has 3 aromatic rings. The van der Waals surface area contributed by atoms with E-state index in [9.17, 15) is 14.9 Å². The zero-order chi connectivity index (χ0) is 21.0. The van der Waals surface area contributed by atoms with Gasteiger partial charge in [-0.1, -0.05) is 22.0 Å². The zero-order valence-corrected chi connectivity index (χ0v) is 18.2. The highest BCUT2D eigenvalue weighted by molar-refractivity contribution is 9.11. The molecule has 1 amide bonds. The van der Waals surface area contributed by atoms with Gasteiger partial charge in [0.25, 0.3) is 11.6 Å². The first-order valence-corrected chi connectivity index (χ1v) is 9.89. The molecular weight excluding hydrogens is 508 g/mol. The summed E-state index contributed by atoms with van der Waals surface area (Å²) < 4.78 is 7.18. The summed E-state index contributed by atoms with van der Waals surface area (Å²) in [6.07, 6.45) is 1.64. The molecule has 10 heteroatoms. The van der Waals surface area contributed by atoms with Gasteiger partial charge in [0, 0.05) is 28.2 Å². The normalized spacial score (nSPS) is 11.3. The van der Waals surface area contributed by atoms with Gasteiger partial charge in [0.15, 0.2) is 12.4 Å². The summed E-state index contributed by atoms with van der Waals surface area (Å²) in [5.74, 6) is 0.000169. The minimum absolute atomic E-state index is 0.0140. The molecule has 0 aliphatic rings. The van der Waals surface area contributed by atoms with Crippen LogP contribution in [0.5, 0.6) is 5.75 Å². The number of hydrogen-bond donors (Lipinski definition) is 1. The van der Waals surface area contributed by atoms with Gasteiger partial charge in [-0.3, -0.25) is 19.9 Å². The van der Waals surface area contributed by atoms with Gasteiger partial charge in [-0.15, -0.1) is 0 Å². The van der Waals surface area contributed by atoms with E-state index in [0.29, 0.717) is 27.0 Å². The zero-order valence-electron chi connectivity index (χ0n) is 15.1. The monoisotopic (exact) mass is 520 g/mol. The number of halogens is 2. The van der Waals surface area contributed by atoms with Crippen LogP contribution in [-0.4, -0.2) is 28.1 Å². The lowest BCUT2D eigenvalue weighted by molar-refractivity contribution is -0.384. The maximum Gasteiger partial charge on any atom is 0.277 e. The van der Waals surface area contributed by atoms with Crippen molar-refractivity contribution in [3.05, 3.63) is 73.3 Å². The molecule has 1 heterocycles. The Morgan fingerprint density at radius 3 is 2.66 bits per heavy atom. The molecule has 0 bridgehead atoms. The maximum absolute atomic E-state index is 12.1. The number of hydrazone groups is 1. The van der Waals surface area contributed by atoms with Crippen LogP contribution < -0.4 is 10.2 Å². The first-order chi connectivity index (χ1) is 13.9. The third kappa shape index (κ3) is 4.96. The minimum Gasteiger partial charge on any atom is -0.480 e. The summed E-state index contributed by atoms with van der Waals surface area (Å²) in [6, 6.07) is 11.4. The average molecular weight is 522 g/mol. The number of pyridine rings is 1. The second-order valence-electron chi connectivity index (χ2n) is 5.89. The predicted molar refractivity (Wildman–Crippen MR) is 116 cm³/mol. The van der Waals surface area contributed by atoms with Gasteiger partial charge in [0.2, 0.25) is 0 Å². The smallest absolute Gasteiger partial charge is 0.277 e. The fourth-order valence-electron chi connectivity index (χ4n) is 2.49. The fourth-order valence-corrected chi connectivity index (χ4v) is 3.88. The maximum atomic E-state index is 12.1. The number of hydrogen-bond acceptors (Lipinski definition) is 6. The van der Waals surface area contributed by atoms with Crippen LogP contribution in [0.3, 0.4) is 0 Å². The molecule has 0 aliphatic heterocycles. The minimum atomic E-state index is -0.478. The van der Waals surface area contributed by atoms with Crippen molar-refractivity contribution >= 4 is 60.1 Å². The van der Waals surface area contributed by atoms with Crippen LogP contribution in [0, 0.1) is 10.1 Å². The number of amides is 1. The van der Waals surface area contributed by atoms with Crippen LogP contribution in [0.4, 0.5) is 5.69 Å². The van der Waals surface area contributed by atoms with Crippen molar-refractivity contribution in [1.82, 2.24) is 10.4 Å². The molecule has 8 nitrogen and oxygen atoms in total. The number of carbonyl (C=O) groups excluding carboxylic acids is 1. The van der Waals surface area contributed by atoms with Crippen molar-refractivity contribution in [3.63, 3.8) is 0 Å².